The molecule has 0 unspecified atom stereocenters. The molecular formula is C103H75BrN4O4. The van der Waals surface area contributed by atoms with Gasteiger partial charge in [-0.05, 0) is 141 Å². The zero-order valence-electron chi connectivity index (χ0n) is 61.2. The van der Waals surface area contributed by atoms with Gasteiger partial charge in [-0.2, -0.15) is 4.57 Å². The number of Topliss-reactive ketones (excluding diaryl/α,β-unsaturated/α-hetero) is 1. The number of aromatic nitrogens is 4. The molecule has 538 valence electrons. The van der Waals surface area contributed by atoms with Crippen LogP contribution in [-0.4, -0.2) is 38.1 Å². The maximum Gasteiger partial charge on any atom is 0.227 e. The molecule has 0 radical (unpaired) electrons. The zero-order chi connectivity index (χ0) is 75.8. The van der Waals surface area contributed by atoms with Crippen molar-refractivity contribution < 1.29 is 40.7 Å². The number of ketones is 4. The van der Waals surface area contributed by atoms with Crippen LogP contribution in [0.4, 0.5) is 0 Å². The van der Waals surface area contributed by atoms with Gasteiger partial charge in [0.05, 0.1) is 34.2 Å². The van der Waals surface area contributed by atoms with E-state index in [1.165, 1.54) is 36.4 Å². The molecule has 8 nitrogen and oxygen atoms in total. The van der Waals surface area contributed by atoms with Gasteiger partial charge in [-0.1, -0.05) is 328 Å². The van der Waals surface area contributed by atoms with Crippen molar-refractivity contribution in [3.8, 4) is 101 Å². The molecular weight excluding hydrogens is 1440 g/mol. The van der Waals surface area contributed by atoms with Crippen molar-refractivity contribution in [3.63, 3.8) is 0 Å². The molecule has 0 aliphatic carbocycles. The first-order chi connectivity index (χ1) is 54.6. The SMILES string of the molecule is O=C(/C=C/c1ccccc1)c1cc(C(=O)/C=C/c2ccccc2)cc(C(=O)/C=C/c2ccccc2)c1.O=C(C[n+]1ccccc1)c1ccccc1.[Br-].c1ccc(-c2cc(-c3ccccc3)nc(-c3cc(-c4cc(-c5ccccc5)cc(-c5ccccc5)n4)cc(-c4cc(-c5ccccc5)cc(-c5ccccc5)n4)c3)c2)cc1. The van der Waals surface area contributed by atoms with Crippen molar-refractivity contribution in [2.45, 2.75) is 6.54 Å². The van der Waals surface area contributed by atoms with Crippen molar-refractivity contribution in [1.29, 1.82) is 0 Å². The Morgan fingerprint density at radius 3 is 0.714 bits per heavy atom. The topological polar surface area (TPSA) is 111 Å². The molecule has 0 saturated carbocycles. The number of pyridine rings is 4. The van der Waals surface area contributed by atoms with Gasteiger partial charge >= 0.3 is 0 Å². The third-order valence-electron chi connectivity index (χ3n) is 18.5. The van der Waals surface area contributed by atoms with Crippen LogP contribution in [0.15, 0.2) is 425 Å². The number of halogens is 1. The van der Waals surface area contributed by atoms with Gasteiger partial charge in [-0.3, -0.25) is 19.2 Å². The fraction of sp³-hybridized carbons (Fsp3) is 0.00971. The van der Waals surface area contributed by atoms with Crippen LogP contribution in [-0.2, 0) is 6.54 Å². The summed E-state index contributed by atoms with van der Waals surface area (Å²) in [7, 11) is 0. The predicted molar refractivity (Wildman–Crippen MR) is 452 cm³/mol. The molecule has 0 N–H and O–H groups in total. The van der Waals surface area contributed by atoms with E-state index in [1.807, 2.05) is 175 Å². The highest BCUT2D eigenvalue weighted by Gasteiger charge is 2.19. The highest BCUT2D eigenvalue weighted by atomic mass is 79.9. The summed E-state index contributed by atoms with van der Waals surface area (Å²) in [5, 5.41) is 0. The largest absolute Gasteiger partial charge is 1.00 e. The van der Waals surface area contributed by atoms with Gasteiger partial charge in [-0.25, -0.2) is 15.0 Å². The van der Waals surface area contributed by atoms with Gasteiger partial charge in [0.25, 0.3) is 0 Å². The Bertz CT molecular complexity index is 5230. The van der Waals surface area contributed by atoms with Crippen molar-refractivity contribution in [2.75, 3.05) is 0 Å². The molecule has 12 aromatic carbocycles. The van der Waals surface area contributed by atoms with Crippen molar-refractivity contribution in [3.05, 3.63) is 464 Å². The van der Waals surface area contributed by atoms with E-state index in [0.717, 1.165) is 123 Å². The third-order valence-corrected chi connectivity index (χ3v) is 18.5. The lowest BCUT2D eigenvalue weighted by molar-refractivity contribution is -0.683. The zero-order valence-corrected chi connectivity index (χ0v) is 62.7. The third kappa shape index (κ3) is 20.4. The number of carbonyl (C=O) groups is 4. The monoisotopic (exact) mass is 1510 g/mol. The number of rotatable bonds is 21. The van der Waals surface area contributed by atoms with Crippen LogP contribution in [0.25, 0.3) is 119 Å². The van der Waals surface area contributed by atoms with Crippen LogP contribution in [0.5, 0.6) is 0 Å². The molecule has 9 heteroatoms. The van der Waals surface area contributed by atoms with E-state index in [-0.39, 0.29) is 56.8 Å². The second-order valence-corrected chi connectivity index (χ2v) is 26.3. The highest BCUT2D eigenvalue weighted by Crippen LogP contribution is 2.39. The highest BCUT2D eigenvalue weighted by molar-refractivity contribution is 6.15. The van der Waals surface area contributed by atoms with E-state index >= 15 is 0 Å². The van der Waals surface area contributed by atoms with E-state index in [9.17, 15) is 19.2 Å². The Morgan fingerprint density at radius 1 is 0.223 bits per heavy atom. The van der Waals surface area contributed by atoms with Crippen LogP contribution in [0.3, 0.4) is 0 Å². The normalized spacial score (nSPS) is 10.9. The molecule has 0 amide bonds. The smallest absolute Gasteiger partial charge is 0.227 e. The van der Waals surface area contributed by atoms with Crippen molar-refractivity contribution >= 4 is 41.4 Å². The number of nitrogens with zero attached hydrogens (tertiary/aromatic N) is 4. The number of carbonyl (C=O) groups excluding carboxylic acids is 4. The van der Waals surface area contributed by atoms with Crippen LogP contribution in [0.2, 0.25) is 0 Å². The Balaban J connectivity index is 0.000000178. The summed E-state index contributed by atoms with van der Waals surface area (Å²) < 4.78 is 1.87. The molecule has 0 spiro atoms. The van der Waals surface area contributed by atoms with E-state index < -0.39 is 0 Å². The lowest BCUT2D eigenvalue weighted by Gasteiger charge is -2.16. The molecule has 16 rings (SSSR count). The first-order valence-corrected chi connectivity index (χ1v) is 36.7. The second kappa shape index (κ2) is 37.9. The number of allylic oxidation sites excluding steroid dienone is 3. The summed E-state index contributed by atoms with van der Waals surface area (Å²) in [4.78, 5) is 66.9. The predicted octanol–water partition coefficient (Wildman–Crippen LogP) is 21.1. The summed E-state index contributed by atoms with van der Waals surface area (Å²) in [6.45, 7) is 0.394. The maximum absolute atomic E-state index is 13.0. The van der Waals surface area contributed by atoms with E-state index in [1.54, 1.807) is 18.2 Å². The van der Waals surface area contributed by atoms with Gasteiger partial charge in [0.15, 0.2) is 29.7 Å². The van der Waals surface area contributed by atoms with E-state index in [0.29, 0.717) is 6.54 Å². The average Bonchev–Trinajstić information content (AvgIpc) is 0.766. The average molecular weight is 1510 g/mol. The molecule has 0 fully saturated rings. The first-order valence-electron chi connectivity index (χ1n) is 36.7. The summed E-state index contributed by atoms with van der Waals surface area (Å²) in [6.07, 6.45) is 13.3. The van der Waals surface area contributed by atoms with Gasteiger partial charge in [0.2, 0.25) is 12.3 Å². The van der Waals surface area contributed by atoms with Crippen LogP contribution in [0.1, 0.15) is 58.1 Å². The van der Waals surface area contributed by atoms with E-state index in [4.69, 9.17) is 15.0 Å². The second-order valence-electron chi connectivity index (χ2n) is 26.3. The van der Waals surface area contributed by atoms with Crippen LogP contribution in [0, 0.1) is 0 Å². The minimum absolute atomic E-state index is 0. The van der Waals surface area contributed by atoms with Crippen LogP contribution < -0.4 is 21.5 Å². The molecule has 0 bridgehead atoms. The molecule has 4 aromatic heterocycles. The van der Waals surface area contributed by atoms with Gasteiger partial charge in [0.1, 0.15) is 0 Å². The standard InChI is InChI=1S/C57H39N3.C33H24O3.C13H12NO.BrH/c1-7-19-40(20-8-1)46-34-52(43-25-13-4-14-26-43)58-55(37-46)49-31-50(56-38-47(41-21-9-2-10-22-41)35-53(59-56)44-27-15-5-16-28-44)33-51(32-49)57-39-48(42-23-11-3-12-24-42)36-54(60-57)45-29-17-6-18-30-45;34-31(19-16-25-10-4-1-5-11-25)28-22-29(32(35)20-17-26-12-6-2-7-13-26)24-30(23-28)33(36)21-18-27-14-8-3-9-15-27;15-13(12-7-3-1-4-8-12)11-14-9-5-2-6-10-14;/h1-39H;1-24H;1-10H,11H2;1H/q;;+1;/p-1/b;19-16+,20-17+,21-18+;;. The van der Waals surface area contributed by atoms with Crippen LogP contribution >= 0.6 is 0 Å². The molecule has 4 heterocycles. The van der Waals surface area contributed by atoms with E-state index in [2.05, 4.69) is 218 Å². The van der Waals surface area contributed by atoms with Gasteiger partial charge in [0, 0.05) is 67.8 Å². The lowest BCUT2D eigenvalue weighted by Crippen LogP contribution is -3.00. The summed E-state index contributed by atoms with van der Waals surface area (Å²) in [6, 6.07) is 131. The van der Waals surface area contributed by atoms with Gasteiger partial charge < -0.3 is 17.0 Å². The van der Waals surface area contributed by atoms with Crippen molar-refractivity contribution in [1.82, 2.24) is 15.0 Å². The summed E-state index contributed by atoms with van der Waals surface area (Å²) in [5.41, 5.74) is 22.3. The molecule has 0 aliphatic heterocycles. The summed E-state index contributed by atoms with van der Waals surface area (Å²) >= 11 is 0. The molecule has 16 aromatic rings. The fourth-order valence-electron chi connectivity index (χ4n) is 12.7. The van der Waals surface area contributed by atoms with Crippen molar-refractivity contribution in [2.24, 2.45) is 0 Å². The number of hydrogen-bond acceptors (Lipinski definition) is 7. The quantitative estimate of drug-likeness (QED) is 0.0400. The molecule has 0 aliphatic rings. The first kappa shape index (κ1) is 75.8. The van der Waals surface area contributed by atoms with Gasteiger partial charge in [-0.15, -0.1) is 0 Å². The minimum atomic E-state index is -0.290. The Morgan fingerprint density at radius 2 is 0.446 bits per heavy atom. The Kier molecular flexibility index (Phi) is 25.7. The number of benzene rings is 12. The minimum Gasteiger partial charge on any atom is -1.00 e. The number of hydrogen-bond donors (Lipinski definition) is 0. The maximum atomic E-state index is 13.0. The lowest BCUT2D eigenvalue weighted by atomic mass is 9.94. The Labute approximate surface area is 663 Å². The Hall–Kier alpha value is -14.4. The molecule has 112 heavy (non-hydrogen) atoms. The summed E-state index contributed by atoms with van der Waals surface area (Å²) in [5.74, 6) is -0.739. The molecule has 0 atom stereocenters. The molecule has 0 saturated heterocycles. The fourth-order valence-corrected chi connectivity index (χ4v) is 12.7.